The Balaban J connectivity index is 1.97. The van der Waals surface area contributed by atoms with Crippen molar-refractivity contribution >= 4 is 57.6 Å². The second kappa shape index (κ2) is 7.38. The van der Waals surface area contributed by atoms with Crippen LogP contribution in [0.25, 0.3) is 6.08 Å². The molecule has 0 saturated carbocycles. The third kappa shape index (κ3) is 3.48. The van der Waals surface area contributed by atoms with Gasteiger partial charge < -0.3 is 4.74 Å². The van der Waals surface area contributed by atoms with Crippen LogP contribution < -0.4 is 9.64 Å². The SMILES string of the molecule is CCOc1ccc(Cl)cc1/C=C1/SC(=S)N(c2ccccc2)C1=O. The van der Waals surface area contributed by atoms with Crippen LogP contribution in [0.5, 0.6) is 5.75 Å². The number of thiocarbonyl (C=S) groups is 1. The molecule has 0 aromatic heterocycles. The van der Waals surface area contributed by atoms with Gasteiger partial charge in [0.05, 0.1) is 17.2 Å². The average molecular weight is 376 g/mol. The van der Waals surface area contributed by atoms with E-state index in [1.165, 1.54) is 16.7 Å². The molecule has 0 N–H and O–H groups in total. The molecule has 24 heavy (non-hydrogen) atoms. The summed E-state index contributed by atoms with van der Waals surface area (Å²) in [6.45, 7) is 2.45. The number of hydrogen-bond donors (Lipinski definition) is 0. The van der Waals surface area contributed by atoms with E-state index in [9.17, 15) is 4.79 Å². The Morgan fingerprint density at radius 3 is 2.71 bits per heavy atom. The highest BCUT2D eigenvalue weighted by atomic mass is 35.5. The smallest absolute Gasteiger partial charge is 0.270 e. The number of ether oxygens (including phenoxy) is 1. The van der Waals surface area contributed by atoms with Crippen molar-refractivity contribution in [1.82, 2.24) is 0 Å². The fourth-order valence-electron chi connectivity index (χ4n) is 2.33. The van der Waals surface area contributed by atoms with E-state index < -0.39 is 0 Å². The normalized spacial score (nSPS) is 16.1. The molecule has 1 aliphatic rings. The number of anilines is 1. The van der Waals surface area contributed by atoms with Gasteiger partial charge in [-0.3, -0.25) is 9.69 Å². The molecule has 1 heterocycles. The first-order valence-electron chi connectivity index (χ1n) is 7.35. The van der Waals surface area contributed by atoms with Crippen LogP contribution in [-0.4, -0.2) is 16.8 Å². The van der Waals surface area contributed by atoms with E-state index in [0.29, 0.717) is 26.6 Å². The second-order valence-electron chi connectivity index (χ2n) is 4.97. The third-order valence-corrected chi connectivity index (χ3v) is 4.90. The predicted molar refractivity (Wildman–Crippen MR) is 105 cm³/mol. The number of carbonyl (C=O) groups is 1. The topological polar surface area (TPSA) is 29.5 Å². The van der Waals surface area contributed by atoms with Crippen LogP contribution in [0.3, 0.4) is 0 Å². The Bertz CT molecular complexity index is 821. The van der Waals surface area contributed by atoms with Crippen molar-refractivity contribution in [3.63, 3.8) is 0 Å². The maximum Gasteiger partial charge on any atom is 0.270 e. The molecule has 2 aromatic carbocycles. The quantitative estimate of drug-likeness (QED) is 0.546. The lowest BCUT2D eigenvalue weighted by molar-refractivity contribution is -0.113. The van der Waals surface area contributed by atoms with Crippen LogP contribution in [0, 0.1) is 0 Å². The maximum atomic E-state index is 12.8. The average Bonchev–Trinajstić information content (AvgIpc) is 2.85. The summed E-state index contributed by atoms with van der Waals surface area (Å²) in [5.41, 5.74) is 1.53. The molecule has 0 aliphatic carbocycles. The molecule has 1 amide bonds. The molecule has 1 fully saturated rings. The predicted octanol–water partition coefficient (Wildman–Crippen LogP) is 5.14. The molecule has 0 atom stereocenters. The molecule has 6 heteroatoms. The van der Waals surface area contributed by atoms with E-state index in [0.717, 1.165) is 11.3 Å². The minimum absolute atomic E-state index is 0.140. The van der Waals surface area contributed by atoms with Gasteiger partial charge in [0, 0.05) is 10.6 Å². The molecule has 0 spiro atoms. The molecule has 1 saturated heterocycles. The molecule has 2 aromatic rings. The first-order valence-corrected chi connectivity index (χ1v) is 8.95. The van der Waals surface area contributed by atoms with E-state index in [1.54, 1.807) is 24.3 Å². The summed E-state index contributed by atoms with van der Waals surface area (Å²) in [7, 11) is 0. The van der Waals surface area contributed by atoms with Crippen molar-refractivity contribution in [3.05, 3.63) is 64.0 Å². The highest BCUT2D eigenvalue weighted by Crippen LogP contribution is 2.37. The Hall–Kier alpha value is -1.82. The van der Waals surface area contributed by atoms with Crippen LogP contribution in [0.1, 0.15) is 12.5 Å². The van der Waals surface area contributed by atoms with Gasteiger partial charge in [-0.15, -0.1) is 0 Å². The van der Waals surface area contributed by atoms with Crippen LogP contribution >= 0.6 is 35.6 Å². The molecule has 0 unspecified atom stereocenters. The van der Waals surface area contributed by atoms with Crippen LogP contribution in [0.4, 0.5) is 5.69 Å². The van der Waals surface area contributed by atoms with Crippen molar-refractivity contribution in [2.24, 2.45) is 0 Å². The Morgan fingerprint density at radius 1 is 1.25 bits per heavy atom. The van der Waals surface area contributed by atoms with E-state index in [-0.39, 0.29) is 5.91 Å². The lowest BCUT2D eigenvalue weighted by atomic mass is 10.2. The van der Waals surface area contributed by atoms with E-state index in [1.807, 2.05) is 37.3 Å². The minimum Gasteiger partial charge on any atom is -0.493 e. The molecular weight excluding hydrogens is 362 g/mol. The fraction of sp³-hybridized carbons (Fsp3) is 0.111. The zero-order valence-corrected chi connectivity index (χ0v) is 15.3. The molecule has 122 valence electrons. The minimum atomic E-state index is -0.140. The first kappa shape index (κ1) is 17.0. The summed E-state index contributed by atoms with van der Waals surface area (Å²) < 4.78 is 6.12. The number of rotatable bonds is 4. The highest BCUT2D eigenvalue weighted by Gasteiger charge is 2.33. The monoisotopic (exact) mass is 375 g/mol. The number of halogens is 1. The van der Waals surface area contributed by atoms with E-state index >= 15 is 0 Å². The van der Waals surface area contributed by atoms with Crippen molar-refractivity contribution in [2.75, 3.05) is 11.5 Å². The Labute approximate surface area is 155 Å². The number of hydrogen-bond acceptors (Lipinski definition) is 4. The zero-order valence-electron chi connectivity index (χ0n) is 12.9. The number of amides is 1. The Morgan fingerprint density at radius 2 is 2.00 bits per heavy atom. The van der Waals surface area contributed by atoms with E-state index in [4.69, 9.17) is 28.6 Å². The number of benzene rings is 2. The summed E-state index contributed by atoms with van der Waals surface area (Å²) in [6.07, 6.45) is 1.78. The van der Waals surface area contributed by atoms with Crippen LogP contribution in [-0.2, 0) is 4.79 Å². The van der Waals surface area contributed by atoms with Crippen LogP contribution in [0.2, 0.25) is 5.02 Å². The fourth-order valence-corrected chi connectivity index (χ4v) is 3.80. The summed E-state index contributed by atoms with van der Waals surface area (Å²) in [5.74, 6) is 0.547. The Kier molecular flexibility index (Phi) is 5.23. The van der Waals surface area contributed by atoms with Crippen molar-refractivity contribution < 1.29 is 9.53 Å². The van der Waals surface area contributed by atoms with Crippen molar-refractivity contribution in [3.8, 4) is 5.75 Å². The standard InChI is InChI=1S/C18H14ClNO2S2/c1-2-22-15-9-8-13(19)10-12(15)11-16-17(21)20(18(23)24-16)14-6-4-3-5-7-14/h3-11H,2H2,1H3/b16-11+. The number of carbonyl (C=O) groups excluding carboxylic acids is 1. The summed E-state index contributed by atoms with van der Waals surface area (Å²) in [4.78, 5) is 14.8. The second-order valence-corrected chi connectivity index (χ2v) is 7.08. The number of para-hydroxylation sites is 1. The van der Waals surface area contributed by atoms with Gasteiger partial charge in [-0.05, 0) is 43.3 Å². The van der Waals surface area contributed by atoms with Crippen LogP contribution in [0.15, 0.2) is 53.4 Å². The maximum absolute atomic E-state index is 12.8. The lowest BCUT2D eigenvalue weighted by Gasteiger charge is -2.13. The van der Waals surface area contributed by atoms with Gasteiger partial charge in [-0.2, -0.15) is 0 Å². The van der Waals surface area contributed by atoms with Crippen molar-refractivity contribution in [1.29, 1.82) is 0 Å². The largest absolute Gasteiger partial charge is 0.493 e. The summed E-state index contributed by atoms with van der Waals surface area (Å²) in [5, 5.41) is 0.586. The van der Waals surface area contributed by atoms with Gasteiger partial charge in [-0.25, -0.2) is 0 Å². The molecule has 3 nitrogen and oxygen atoms in total. The zero-order chi connectivity index (χ0) is 17.1. The molecule has 0 radical (unpaired) electrons. The molecule has 0 bridgehead atoms. The van der Waals surface area contributed by atoms with Gasteiger partial charge in [0.25, 0.3) is 5.91 Å². The third-order valence-electron chi connectivity index (χ3n) is 3.37. The lowest BCUT2D eigenvalue weighted by Crippen LogP contribution is -2.27. The van der Waals surface area contributed by atoms with Gasteiger partial charge >= 0.3 is 0 Å². The molecular formula is C18H14ClNO2S2. The van der Waals surface area contributed by atoms with Gasteiger partial charge in [0.2, 0.25) is 0 Å². The summed E-state index contributed by atoms with van der Waals surface area (Å²) >= 11 is 12.7. The molecule has 3 rings (SSSR count). The first-order chi connectivity index (χ1) is 11.6. The highest BCUT2D eigenvalue weighted by molar-refractivity contribution is 8.27. The number of nitrogens with zero attached hydrogens (tertiary/aromatic N) is 1. The van der Waals surface area contributed by atoms with Crippen molar-refractivity contribution in [2.45, 2.75) is 6.92 Å². The van der Waals surface area contributed by atoms with Gasteiger partial charge in [-0.1, -0.05) is 53.8 Å². The van der Waals surface area contributed by atoms with E-state index in [2.05, 4.69) is 0 Å². The molecule has 1 aliphatic heterocycles. The number of thioether (sulfide) groups is 1. The summed E-state index contributed by atoms with van der Waals surface area (Å²) in [6, 6.07) is 14.7. The van der Waals surface area contributed by atoms with Gasteiger partial charge in [0.15, 0.2) is 4.32 Å². The van der Waals surface area contributed by atoms with Gasteiger partial charge in [0.1, 0.15) is 5.75 Å².